The molecule has 1 saturated heterocycles. The second-order valence-corrected chi connectivity index (χ2v) is 18.0. The van der Waals surface area contributed by atoms with Gasteiger partial charge >= 0.3 is 29.8 Å². The van der Waals surface area contributed by atoms with Crippen LogP contribution in [0.25, 0.3) is 0 Å². The number of amides is 1. The molecule has 2 unspecified atom stereocenters. The number of Topliss-reactive ketones (excluding diaryl/α,β-unsaturated/α-hetero) is 1. The van der Waals surface area contributed by atoms with Gasteiger partial charge in [-0.2, -0.15) is 0 Å². The molecule has 11 atom stereocenters. The van der Waals surface area contributed by atoms with Gasteiger partial charge in [0.15, 0.2) is 17.5 Å². The highest BCUT2D eigenvalue weighted by Gasteiger charge is 2.78. The van der Waals surface area contributed by atoms with Gasteiger partial charge in [0.25, 0.3) is 0 Å². The molecule has 0 aromatic heterocycles. The highest BCUT2D eigenvalue weighted by molar-refractivity contribution is 5.96. The lowest BCUT2D eigenvalue weighted by Crippen LogP contribution is -2.82. The highest BCUT2D eigenvalue weighted by atomic mass is 16.6. The lowest BCUT2D eigenvalue weighted by Gasteiger charge is -2.67. The summed E-state index contributed by atoms with van der Waals surface area (Å²) in [6, 6.07) is 22.3. The maximum Gasteiger partial charge on any atom is 0.350 e. The molecule has 2 saturated carbocycles. The molecule has 1 heterocycles. The number of benzene rings is 3. The number of carbonyl (C=O) groups excluding carboxylic acids is 7. The molecule has 0 spiro atoms. The van der Waals surface area contributed by atoms with Gasteiger partial charge in [-0.25, -0.2) is 14.4 Å². The van der Waals surface area contributed by atoms with E-state index in [0.717, 1.165) is 13.8 Å². The van der Waals surface area contributed by atoms with E-state index in [1.807, 2.05) is 0 Å². The number of esters is 5. The standard InChI is InChI=1S/C49H54N2O15/c1-26-32(63-45(59)39(64-43(57)30-18-12-8-13-19-30)37(51-35(55)24-50)29-16-10-7-11-17-29)23-49(60)42(65-44(58)31-20-14-9-15-21-31)40-47(6,33(54)22-34-48(40,25-61-34)66-28(3)53)41(56)38(62-27(2)52)36(26)46(49,4)5/h7-21,32-34,37-40,42,54,60H,22-25,50H2,1-6H3,(H,51,55)/t32-,33-,34+,37-,38+,39+,40?,42?,47+,48-,49+/m0/s1. The van der Waals surface area contributed by atoms with Gasteiger partial charge in [0, 0.05) is 32.1 Å². The lowest BCUT2D eigenvalue weighted by atomic mass is 9.44. The van der Waals surface area contributed by atoms with Crippen molar-refractivity contribution < 1.29 is 72.2 Å². The number of carbonyl (C=O) groups is 7. The monoisotopic (exact) mass is 910 g/mol. The first-order valence-corrected chi connectivity index (χ1v) is 21.6. The average molecular weight is 911 g/mol. The number of ketones is 1. The largest absolute Gasteiger partial charge is 0.455 e. The van der Waals surface area contributed by atoms with Crippen molar-refractivity contribution in [2.24, 2.45) is 22.5 Å². The zero-order valence-corrected chi connectivity index (χ0v) is 37.4. The second-order valence-electron chi connectivity index (χ2n) is 18.0. The molecule has 3 aromatic rings. The Morgan fingerprint density at radius 3 is 1.94 bits per heavy atom. The van der Waals surface area contributed by atoms with E-state index in [0.29, 0.717) is 5.56 Å². The number of nitrogens with two attached hydrogens (primary N) is 1. The molecule has 350 valence electrons. The summed E-state index contributed by atoms with van der Waals surface area (Å²) in [5, 5.41) is 28.6. The zero-order chi connectivity index (χ0) is 47.9. The van der Waals surface area contributed by atoms with Crippen LogP contribution in [0.2, 0.25) is 0 Å². The molecule has 1 aliphatic heterocycles. The summed E-state index contributed by atoms with van der Waals surface area (Å²) < 4.78 is 36.5. The molecular weight excluding hydrogens is 857 g/mol. The summed E-state index contributed by atoms with van der Waals surface area (Å²) in [5.74, 6) is -8.04. The van der Waals surface area contributed by atoms with E-state index < -0.39 is 125 Å². The van der Waals surface area contributed by atoms with E-state index in [2.05, 4.69) is 5.32 Å². The molecule has 17 heteroatoms. The minimum absolute atomic E-state index is 0.0377. The number of hydrogen-bond acceptors (Lipinski definition) is 16. The van der Waals surface area contributed by atoms with E-state index in [4.69, 9.17) is 34.2 Å². The van der Waals surface area contributed by atoms with Crippen LogP contribution in [0.4, 0.5) is 0 Å². The van der Waals surface area contributed by atoms with Gasteiger partial charge < -0.3 is 49.7 Å². The Morgan fingerprint density at radius 1 is 0.833 bits per heavy atom. The fraction of sp³-hybridized carbons (Fsp3) is 0.449. The third kappa shape index (κ3) is 8.18. The average Bonchev–Trinajstić information content (AvgIpc) is 3.28. The predicted octanol–water partition coefficient (Wildman–Crippen LogP) is 3.25. The van der Waals surface area contributed by atoms with Crippen molar-refractivity contribution in [1.82, 2.24) is 5.32 Å². The smallest absolute Gasteiger partial charge is 0.350 e. The predicted molar refractivity (Wildman–Crippen MR) is 231 cm³/mol. The van der Waals surface area contributed by atoms with Gasteiger partial charge in [-0.05, 0) is 54.8 Å². The van der Waals surface area contributed by atoms with Crippen LogP contribution in [0.5, 0.6) is 0 Å². The van der Waals surface area contributed by atoms with Crippen molar-refractivity contribution in [1.29, 1.82) is 0 Å². The first-order valence-electron chi connectivity index (χ1n) is 21.6. The number of nitrogens with one attached hydrogen (secondary N) is 1. The van der Waals surface area contributed by atoms with Gasteiger partial charge in [0.1, 0.15) is 30.0 Å². The Balaban J connectivity index is 1.44. The lowest BCUT2D eigenvalue weighted by molar-refractivity contribution is -0.346. The van der Waals surface area contributed by atoms with E-state index in [-0.39, 0.29) is 35.3 Å². The third-order valence-corrected chi connectivity index (χ3v) is 13.9. The van der Waals surface area contributed by atoms with Crippen LogP contribution in [0.15, 0.2) is 102 Å². The molecule has 3 fully saturated rings. The number of aliphatic hydroxyl groups is 2. The van der Waals surface area contributed by atoms with Crippen molar-refractivity contribution in [3.8, 4) is 0 Å². The molecule has 0 radical (unpaired) electrons. The zero-order valence-electron chi connectivity index (χ0n) is 37.4. The first kappa shape index (κ1) is 47.7. The minimum atomic E-state index is -2.45. The Labute approximate surface area is 380 Å². The number of ether oxygens (including phenoxy) is 6. The van der Waals surface area contributed by atoms with Gasteiger partial charge in [-0.15, -0.1) is 0 Å². The Kier molecular flexibility index (Phi) is 13.1. The molecule has 66 heavy (non-hydrogen) atoms. The van der Waals surface area contributed by atoms with E-state index in [1.54, 1.807) is 80.6 Å². The van der Waals surface area contributed by atoms with Crippen molar-refractivity contribution >= 4 is 41.5 Å². The number of aliphatic hydroxyl groups excluding tert-OH is 1. The van der Waals surface area contributed by atoms with Crippen LogP contribution in [-0.2, 0) is 52.4 Å². The molecule has 1 amide bonds. The fourth-order valence-corrected chi connectivity index (χ4v) is 10.5. The summed E-state index contributed by atoms with van der Waals surface area (Å²) in [5.41, 5.74) is -1.83. The van der Waals surface area contributed by atoms with Gasteiger partial charge in [-0.1, -0.05) is 80.6 Å². The van der Waals surface area contributed by atoms with Crippen molar-refractivity contribution in [2.45, 2.75) is 108 Å². The summed E-state index contributed by atoms with van der Waals surface area (Å²) in [6.07, 6.45) is -10.7. The normalized spacial score (nSPS) is 30.5. The molecular formula is C49H54N2O15. The van der Waals surface area contributed by atoms with Crippen LogP contribution in [0.1, 0.15) is 86.7 Å². The number of hydrogen-bond donors (Lipinski definition) is 4. The van der Waals surface area contributed by atoms with E-state index in [1.165, 1.54) is 38.1 Å². The maximum absolute atomic E-state index is 15.6. The van der Waals surface area contributed by atoms with Gasteiger partial charge in [-0.3, -0.25) is 19.2 Å². The Bertz CT molecular complexity index is 2430. The number of rotatable bonds is 12. The van der Waals surface area contributed by atoms with Crippen LogP contribution < -0.4 is 11.1 Å². The summed E-state index contributed by atoms with van der Waals surface area (Å²) in [6.45, 7) is 7.36. The first-order chi connectivity index (χ1) is 31.2. The molecule has 3 aromatic carbocycles. The summed E-state index contributed by atoms with van der Waals surface area (Å²) >= 11 is 0. The Hall–Kier alpha value is -6.27. The van der Waals surface area contributed by atoms with Gasteiger partial charge in [0.2, 0.25) is 12.0 Å². The van der Waals surface area contributed by atoms with Crippen LogP contribution in [-0.4, -0.2) is 113 Å². The molecule has 3 aliphatic carbocycles. The maximum atomic E-state index is 15.6. The van der Waals surface area contributed by atoms with Gasteiger partial charge in [0.05, 0.1) is 41.7 Å². The molecule has 2 bridgehead atoms. The number of fused-ring (bicyclic) bond motifs is 5. The fourth-order valence-electron chi connectivity index (χ4n) is 10.5. The van der Waals surface area contributed by atoms with Crippen molar-refractivity contribution in [2.75, 3.05) is 13.2 Å². The third-order valence-electron chi connectivity index (χ3n) is 13.9. The molecule has 7 rings (SSSR count). The van der Waals surface area contributed by atoms with Crippen LogP contribution in [0.3, 0.4) is 0 Å². The van der Waals surface area contributed by atoms with Crippen molar-refractivity contribution in [3.63, 3.8) is 0 Å². The molecule has 5 N–H and O–H groups in total. The molecule has 17 nitrogen and oxygen atoms in total. The Morgan fingerprint density at radius 2 is 1.41 bits per heavy atom. The molecule has 4 aliphatic rings. The van der Waals surface area contributed by atoms with Crippen LogP contribution >= 0.6 is 0 Å². The SMILES string of the molecule is CC(=O)O[C@H]1C(=O)[C@@]2(C)C(C(OC(=O)c3ccccc3)[C@]3(O)C[C@H](OC(=O)[C@H](OC(=O)c4ccccc4)[C@@H](NC(=O)CN)c4ccccc4)C(C)=C1C3(C)C)[C@]1(OC(C)=O)CO[C@@H]1C[C@@H]2O. The summed E-state index contributed by atoms with van der Waals surface area (Å²) in [4.78, 5) is 97.9. The topological polar surface area (TPSA) is 253 Å². The quantitative estimate of drug-likeness (QED) is 0.116. The van der Waals surface area contributed by atoms with E-state index >= 15 is 4.79 Å². The second kappa shape index (κ2) is 18.2. The summed E-state index contributed by atoms with van der Waals surface area (Å²) in [7, 11) is 0. The highest BCUT2D eigenvalue weighted by Crippen LogP contribution is 2.64. The van der Waals surface area contributed by atoms with E-state index in [9.17, 15) is 39.0 Å². The van der Waals surface area contributed by atoms with Crippen LogP contribution in [0, 0.1) is 16.7 Å². The minimum Gasteiger partial charge on any atom is -0.455 e. The van der Waals surface area contributed by atoms with Crippen molar-refractivity contribution in [3.05, 3.63) is 119 Å².